The Morgan fingerprint density at radius 2 is 2.12 bits per heavy atom. The Morgan fingerprint density at radius 1 is 1.33 bits per heavy atom. The molecule has 0 aliphatic carbocycles. The third-order valence-electron chi connectivity index (χ3n) is 4.00. The predicted octanol–water partition coefficient (Wildman–Crippen LogP) is 3.68. The van der Waals surface area contributed by atoms with E-state index < -0.39 is 0 Å². The maximum absolute atomic E-state index is 11.9. The van der Waals surface area contributed by atoms with Crippen LogP contribution in [0, 0.1) is 0 Å². The molecule has 1 aliphatic rings. The fourth-order valence-corrected chi connectivity index (χ4v) is 2.91. The van der Waals surface area contributed by atoms with Gasteiger partial charge in [-0.25, -0.2) is 4.79 Å². The fourth-order valence-electron chi connectivity index (χ4n) is 2.78. The minimum atomic E-state index is -0.344. The second-order valence-electron chi connectivity index (χ2n) is 5.62. The Bertz CT molecular complexity index is 683. The molecule has 0 radical (unpaired) electrons. The summed E-state index contributed by atoms with van der Waals surface area (Å²) in [6.45, 7) is 4.82. The minimum Gasteiger partial charge on any atom is -0.467 e. The lowest BCUT2D eigenvalue weighted by Gasteiger charge is -2.32. The molecule has 0 saturated carbocycles. The number of nitrogens with zero attached hydrogens (tertiary/aromatic N) is 1. The van der Waals surface area contributed by atoms with Crippen molar-refractivity contribution in [2.45, 2.75) is 19.6 Å². The average molecular weight is 350 g/mol. The monoisotopic (exact) mass is 349 g/mol. The van der Waals surface area contributed by atoms with Crippen LogP contribution in [0.25, 0.3) is 0 Å². The van der Waals surface area contributed by atoms with Crippen molar-refractivity contribution in [3.05, 3.63) is 58.5 Å². The molecule has 0 N–H and O–H groups in total. The van der Waals surface area contributed by atoms with E-state index in [1.807, 2.05) is 24.3 Å². The first-order valence-electron chi connectivity index (χ1n) is 8.00. The van der Waals surface area contributed by atoms with Crippen LogP contribution in [0.3, 0.4) is 0 Å². The summed E-state index contributed by atoms with van der Waals surface area (Å²) in [5, 5.41) is 0.709. The van der Waals surface area contributed by atoms with Crippen molar-refractivity contribution in [2.24, 2.45) is 0 Å². The lowest BCUT2D eigenvalue weighted by Crippen LogP contribution is -2.38. The average Bonchev–Trinajstić information content (AvgIpc) is 3.04. The van der Waals surface area contributed by atoms with Gasteiger partial charge in [-0.05, 0) is 30.7 Å². The summed E-state index contributed by atoms with van der Waals surface area (Å²) in [5.74, 6) is 0.286. The number of esters is 1. The number of morpholine rings is 1. The first kappa shape index (κ1) is 17.0. The number of carbonyl (C=O) groups is 1. The van der Waals surface area contributed by atoms with E-state index in [0.717, 1.165) is 18.7 Å². The van der Waals surface area contributed by atoms with Gasteiger partial charge in [0, 0.05) is 18.1 Å². The molecule has 6 heteroatoms. The predicted molar refractivity (Wildman–Crippen MR) is 90.1 cm³/mol. The second-order valence-corrected chi connectivity index (χ2v) is 6.06. The van der Waals surface area contributed by atoms with Gasteiger partial charge in [-0.2, -0.15) is 0 Å². The number of hydrogen-bond donors (Lipinski definition) is 0. The Labute approximate surface area is 146 Å². The van der Waals surface area contributed by atoms with Gasteiger partial charge >= 0.3 is 5.97 Å². The molecular formula is C18H20ClNO4. The number of furan rings is 1. The third-order valence-corrected chi connectivity index (χ3v) is 4.25. The van der Waals surface area contributed by atoms with E-state index in [-0.39, 0.29) is 12.1 Å². The van der Waals surface area contributed by atoms with Gasteiger partial charge in [0.05, 0.1) is 32.1 Å². The minimum absolute atomic E-state index is 0.0166. The number of hydrogen-bond acceptors (Lipinski definition) is 5. The van der Waals surface area contributed by atoms with Crippen molar-refractivity contribution in [2.75, 3.05) is 26.3 Å². The van der Waals surface area contributed by atoms with Gasteiger partial charge in [0.2, 0.25) is 0 Å². The molecule has 1 atom stereocenters. The number of halogens is 1. The molecule has 1 fully saturated rings. The Balaban J connectivity index is 1.67. The molecule has 1 aromatic heterocycles. The molecule has 2 heterocycles. The second kappa shape index (κ2) is 7.83. The summed E-state index contributed by atoms with van der Waals surface area (Å²) in [5.41, 5.74) is 1.58. The highest BCUT2D eigenvalue weighted by atomic mass is 35.5. The van der Waals surface area contributed by atoms with Crippen LogP contribution in [0.1, 0.15) is 34.7 Å². The number of benzene rings is 1. The maximum atomic E-state index is 11.9. The SMILES string of the molecule is CCOC(=O)c1ccoc1CN1CCOC(c2ccc(Cl)cc2)C1. The quantitative estimate of drug-likeness (QED) is 0.771. The van der Waals surface area contributed by atoms with Gasteiger partial charge in [0.25, 0.3) is 0 Å². The number of rotatable bonds is 5. The van der Waals surface area contributed by atoms with Crippen molar-refractivity contribution < 1.29 is 18.7 Å². The van der Waals surface area contributed by atoms with Crippen LogP contribution in [-0.4, -0.2) is 37.2 Å². The zero-order chi connectivity index (χ0) is 16.9. The van der Waals surface area contributed by atoms with Crippen LogP contribution < -0.4 is 0 Å². The van der Waals surface area contributed by atoms with E-state index in [1.54, 1.807) is 13.0 Å². The highest BCUT2D eigenvalue weighted by molar-refractivity contribution is 6.30. The highest BCUT2D eigenvalue weighted by Crippen LogP contribution is 2.25. The van der Waals surface area contributed by atoms with Crippen LogP contribution in [0.4, 0.5) is 0 Å². The standard InChI is InChI=1S/C18H20ClNO4/c1-2-22-18(21)15-7-9-23-17(15)12-20-8-10-24-16(11-20)13-3-5-14(19)6-4-13/h3-7,9,16H,2,8,10-12H2,1H3. The number of ether oxygens (including phenoxy) is 2. The molecular weight excluding hydrogens is 330 g/mol. The van der Waals surface area contributed by atoms with Crippen molar-refractivity contribution in [3.63, 3.8) is 0 Å². The molecule has 1 aliphatic heterocycles. The van der Waals surface area contributed by atoms with E-state index in [0.29, 0.717) is 36.1 Å². The third kappa shape index (κ3) is 3.98. The molecule has 1 aromatic carbocycles. The van der Waals surface area contributed by atoms with Crippen molar-refractivity contribution in [1.29, 1.82) is 0 Å². The van der Waals surface area contributed by atoms with Crippen molar-refractivity contribution in [3.8, 4) is 0 Å². The maximum Gasteiger partial charge on any atom is 0.341 e. The topological polar surface area (TPSA) is 51.9 Å². The van der Waals surface area contributed by atoms with E-state index >= 15 is 0 Å². The molecule has 0 bridgehead atoms. The first-order chi connectivity index (χ1) is 11.7. The normalized spacial score (nSPS) is 18.5. The molecule has 5 nitrogen and oxygen atoms in total. The van der Waals surface area contributed by atoms with E-state index in [1.165, 1.54) is 6.26 Å². The summed E-state index contributed by atoms with van der Waals surface area (Å²) in [7, 11) is 0. The molecule has 3 rings (SSSR count). The molecule has 1 unspecified atom stereocenters. The van der Waals surface area contributed by atoms with Gasteiger partial charge in [0.1, 0.15) is 11.3 Å². The molecule has 2 aromatic rings. The zero-order valence-electron chi connectivity index (χ0n) is 13.5. The summed E-state index contributed by atoms with van der Waals surface area (Å²) >= 11 is 5.94. The van der Waals surface area contributed by atoms with Crippen molar-refractivity contribution in [1.82, 2.24) is 4.90 Å². The van der Waals surface area contributed by atoms with E-state index in [9.17, 15) is 4.79 Å². The fraction of sp³-hybridized carbons (Fsp3) is 0.389. The Morgan fingerprint density at radius 3 is 2.88 bits per heavy atom. The van der Waals surface area contributed by atoms with Crippen LogP contribution in [-0.2, 0) is 16.0 Å². The van der Waals surface area contributed by atoms with Crippen LogP contribution >= 0.6 is 11.6 Å². The lowest BCUT2D eigenvalue weighted by atomic mass is 10.1. The molecule has 1 saturated heterocycles. The molecule has 0 spiro atoms. The molecule has 24 heavy (non-hydrogen) atoms. The lowest BCUT2D eigenvalue weighted by molar-refractivity contribution is -0.0348. The Hall–Kier alpha value is -1.82. The zero-order valence-corrected chi connectivity index (χ0v) is 14.3. The van der Waals surface area contributed by atoms with Gasteiger partial charge in [-0.1, -0.05) is 23.7 Å². The van der Waals surface area contributed by atoms with Crippen LogP contribution in [0.2, 0.25) is 5.02 Å². The Kier molecular flexibility index (Phi) is 5.56. The smallest absolute Gasteiger partial charge is 0.341 e. The van der Waals surface area contributed by atoms with Gasteiger partial charge in [-0.15, -0.1) is 0 Å². The van der Waals surface area contributed by atoms with Gasteiger partial charge in [0.15, 0.2) is 0 Å². The van der Waals surface area contributed by atoms with Gasteiger partial charge < -0.3 is 13.9 Å². The molecule has 128 valence electrons. The summed E-state index contributed by atoms with van der Waals surface area (Å²) in [4.78, 5) is 14.2. The summed E-state index contributed by atoms with van der Waals surface area (Å²) in [6.07, 6.45) is 1.51. The highest BCUT2D eigenvalue weighted by Gasteiger charge is 2.25. The number of carbonyl (C=O) groups excluding carboxylic acids is 1. The van der Waals surface area contributed by atoms with E-state index in [2.05, 4.69) is 4.90 Å². The van der Waals surface area contributed by atoms with Gasteiger partial charge in [-0.3, -0.25) is 4.90 Å². The van der Waals surface area contributed by atoms with Crippen LogP contribution in [0.5, 0.6) is 0 Å². The van der Waals surface area contributed by atoms with E-state index in [4.69, 9.17) is 25.5 Å². The largest absolute Gasteiger partial charge is 0.467 e. The summed E-state index contributed by atoms with van der Waals surface area (Å²) in [6, 6.07) is 9.35. The van der Waals surface area contributed by atoms with Crippen LogP contribution in [0.15, 0.2) is 41.0 Å². The first-order valence-corrected chi connectivity index (χ1v) is 8.38. The van der Waals surface area contributed by atoms with Crippen molar-refractivity contribution >= 4 is 17.6 Å². The summed E-state index contributed by atoms with van der Waals surface area (Å²) < 4.78 is 16.4. The molecule has 0 amide bonds.